The molecule has 2 fully saturated rings. The standard InChI is InChI=1S/C22H33N5O2.HI/c1-24-22(25-10-5-12-28-16-18-9-13-29-17-18)26-20-7-4-11-27(15-20)21-8-3-2-6-19(21)14-23;/h2-3,6,8,18,20H,4-5,7,9-13,15-17H2,1H3,(H2,24,25,26);1H. The predicted octanol–water partition coefficient (Wildman–Crippen LogP) is 2.75. The Balaban J connectivity index is 0.00000320. The molecular weight excluding hydrogens is 493 g/mol. The molecule has 0 spiro atoms. The van der Waals surface area contributed by atoms with E-state index in [1.807, 2.05) is 24.3 Å². The molecule has 1 aromatic carbocycles. The summed E-state index contributed by atoms with van der Waals surface area (Å²) in [6, 6.07) is 10.4. The van der Waals surface area contributed by atoms with Crippen LogP contribution in [0, 0.1) is 17.2 Å². The highest BCUT2D eigenvalue weighted by molar-refractivity contribution is 14.0. The zero-order chi connectivity index (χ0) is 20.3. The van der Waals surface area contributed by atoms with Crippen molar-refractivity contribution < 1.29 is 9.47 Å². The minimum Gasteiger partial charge on any atom is -0.381 e. The summed E-state index contributed by atoms with van der Waals surface area (Å²) < 4.78 is 11.1. The summed E-state index contributed by atoms with van der Waals surface area (Å²) >= 11 is 0. The molecule has 2 N–H and O–H groups in total. The molecule has 30 heavy (non-hydrogen) atoms. The molecule has 0 radical (unpaired) electrons. The molecule has 0 bridgehead atoms. The van der Waals surface area contributed by atoms with E-state index >= 15 is 0 Å². The molecule has 2 aliphatic heterocycles. The fourth-order valence-electron chi connectivity index (χ4n) is 3.89. The van der Waals surface area contributed by atoms with Crippen LogP contribution in [0.25, 0.3) is 0 Å². The highest BCUT2D eigenvalue weighted by Gasteiger charge is 2.22. The maximum atomic E-state index is 9.38. The summed E-state index contributed by atoms with van der Waals surface area (Å²) in [5.74, 6) is 1.40. The molecule has 7 nitrogen and oxygen atoms in total. The molecular formula is C22H34IN5O2. The number of nitrogens with one attached hydrogen (secondary N) is 2. The Hall–Kier alpha value is -1.57. The van der Waals surface area contributed by atoms with E-state index in [2.05, 4.69) is 26.6 Å². The number of nitriles is 1. The number of piperidine rings is 1. The molecule has 8 heteroatoms. The van der Waals surface area contributed by atoms with Gasteiger partial charge in [-0.25, -0.2) is 0 Å². The van der Waals surface area contributed by atoms with Gasteiger partial charge in [-0.3, -0.25) is 4.99 Å². The van der Waals surface area contributed by atoms with Crippen LogP contribution < -0.4 is 15.5 Å². The molecule has 2 heterocycles. The van der Waals surface area contributed by atoms with Crippen LogP contribution in [0.1, 0.15) is 31.2 Å². The van der Waals surface area contributed by atoms with Gasteiger partial charge in [0, 0.05) is 51.9 Å². The Morgan fingerprint density at radius 3 is 3.00 bits per heavy atom. The second kappa shape index (κ2) is 13.7. The average Bonchev–Trinajstić information content (AvgIpc) is 3.29. The monoisotopic (exact) mass is 527 g/mol. The van der Waals surface area contributed by atoms with Gasteiger partial charge < -0.3 is 25.0 Å². The molecule has 3 rings (SSSR count). The lowest BCUT2D eigenvalue weighted by molar-refractivity contribution is 0.0888. The number of halogens is 1. The van der Waals surface area contributed by atoms with Gasteiger partial charge in [0.25, 0.3) is 0 Å². The molecule has 0 aliphatic carbocycles. The summed E-state index contributed by atoms with van der Waals surface area (Å²) in [4.78, 5) is 6.66. The topological polar surface area (TPSA) is 81.9 Å². The van der Waals surface area contributed by atoms with Gasteiger partial charge in [-0.2, -0.15) is 5.26 Å². The van der Waals surface area contributed by atoms with Crippen LogP contribution in [-0.4, -0.2) is 65.1 Å². The van der Waals surface area contributed by atoms with E-state index in [1.165, 1.54) is 0 Å². The van der Waals surface area contributed by atoms with Crippen LogP contribution in [-0.2, 0) is 9.47 Å². The average molecular weight is 527 g/mol. The highest BCUT2D eigenvalue weighted by atomic mass is 127. The Bertz CT molecular complexity index is 703. The van der Waals surface area contributed by atoms with Crippen molar-refractivity contribution in [1.29, 1.82) is 5.26 Å². The number of aliphatic imine (C=N–C) groups is 1. The van der Waals surface area contributed by atoms with Gasteiger partial charge in [0.2, 0.25) is 0 Å². The van der Waals surface area contributed by atoms with E-state index in [4.69, 9.17) is 9.47 Å². The third kappa shape index (κ3) is 7.60. The SMILES string of the molecule is CN=C(NCCCOCC1CCOC1)NC1CCCN(c2ccccc2C#N)C1.I. The third-order valence-electron chi connectivity index (χ3n) is 5.49. The van der Waals surface area contributed by atoms with E-state index in [9.17, 15) is 5.26 Å². The smallest absolute Gasteiger partial charge is 0.191 e. The molecule has 1 aromatic rings. The van der Waals surface area contributed by atoms with Crippen molar-refractivity contribution in [3.63, 3.8) is 0 Å². The minimum atomic E-state index is 0. The number of nitrogens with zero attached hydrogens (tertiary/aromatic N) is 3. The van der Waals surface area contributed by atoms with Crippen molar-refractivity contribution >= 4 is 35.6 Å². The number of para-hydroxylation sites is 1. The molecule has 0 aromatic heterocycles. The van der Waals surface area contributed by atoms with Crippen LogP contribution in [0.3, 0.4) is 0 Å². The maximum Gasteiger partial charge on any atom is 0.191 e. The second-order valence-electron chi connectivity index (χ2n) is 7.72. The molecule has 2 aliphatic rings. The Kier molecular flexibility index (Phi) is 11.3. The number of hydrogen-bond acceptors (Lipinski definition) is 5. The van der Waals surface area contributed by atoms with Crippen LogP contribution >= 0.6 is 24.0 Å². The quantitative estimate of drug-likeness (QED) is 0.234. The summed E-state index contributed by atoms with van der Waals surface area (Å²) in [5.41, 5.74) is 1.76. The van der Waals surface area contributed by atoms with E-state index in [-0.39, 0.29) is 24.0 Å². The van der Waals surface area contributed by atoms with Crippen LogP contribution in [0.15, 0.2) is 29.3 Å². The lowest BCUT2D eigenvalue weighted by Crippen LogP contribution is -2.51. The van der Waals surface area contributed by atoms with Crippen molar-refractivity contribution in [2.45, 2.75) is 31.7 Å². The normalized spacial score (nSPS) is 21.6. The number of benzene rings is 1. The summed E-state index contributed by atoms with van der Waals surface area (Å²) in [5, 5.41) is 16.3. The summed E-state index contributed by atoms with van der Waals surface area (Å²) in [6.07, 6.45) is 4.25. The first-order valence-electron chi connectivity index (χ1n) is 10.7. The number of hydrogen-bond donors (Lipinski definition) is 2. The van der Waals surface area contributed by atoms with Crippen LogP contribution in [0.4, 0.5) is 5.69 Å². The zero-order valence-corrected chi connectivity index (χ0v) is 20.1. The first-order valence-corrected chi connectivity index (χ1v) is 10.7. The van der Waals surface area contributed by atoms with Crippen molar-refractivity contribution in [1.82, 2.24) is 10.6 Å². The van der Waals surface area contributed by atoms with Crippen molar-refractivity contribution in [2.75, 3.05) is 58.0 Å². The van der Waals surface area contributed by atoms with E-state index in [1.54, 1.807) is 7.05 Å². The van der Waals surface area contributed by atoms with Crippen LogP contribution in [0.5, 0.6) is 0 Å². The minimum absolute atomic E-state index is 0. The molecule has 0 amide bonds. The first kappa shape index (κ1) is 24.7. The lowest BCUT2D eigenvalue weighted by Gasteiger charge is -2.35. The number of guanidine groups is 1. The number of rotatable bonds is 8. The fourth-order valence-corrected chi connectivity index (χ4v) is 3.89. The van der Waals surface area contributed by atoms with Gasteiger partial charge in [0.05, 0.1) is 24.5 Å². The van der Waals surface area contributed by atoms with E-state index < -0.39 is 0 Å². The lowest BCUT2D eigenvalue weighted by atomic mass is 10.0. The van der Waals surface area contributed by atoms with Gasteiger partial charge in [-0.15, -0.1) is 24.0 Å². The third-order valence-corrected chi connectivity index (χ3v) is 5.49. The van der Waals surface area contributed by atoms with Crippen LogP contribution in [0.2, 0.25) is 0 Å². The Morgan fingerprint density at radius 2 is 2.23 bits per heavy atom. The zero-order valence-electron chi connectivity index (χ0n) is 17.8. The highest BCUT2D eigenvalue weighted by Crippen LogP contribution is 2.23. The maximum absolute atomic E-state index is 9.38. The molecule has 0 saturated carbocycles. The Labute approximate surface area is 197 Å². The Morgan fingerprint density at radius 1 is 1.37 bits per heavy atom. The van der Waals surface area contributed by atoms with Gasteiger partial charge in [0.1, 0.15) is 6.07 Å². The van der Waals surface area contributed by atoms with Gasteiger partial charge >= 0.3 is 0 Å². The van der Waals surface area contributed by atoms with Gasteiger partial charge in [-0.05, 0) is 37.8 Å². The predicted molar refractivity (Wildman–Crippen MR) is 131 cm³/mol. The second-order valence-corrected chi connectivity index (χ2v) is 7.72. The van der Waals surface area contributed by atoms with Crippen molar-refractivity contribution in [3.8, 4) is 6.07 Å². The fraction of sp³-hybridized carbons (Fsp3) is 0.636. The summed E-state index contributed by atoms with van der Waals surface area (Å²) in [6.45, 7) is 5.94. The number of anilines is 1. The van der Waals surface area contributed by atoms with Crippen molar-refractivity contribution in [3.05, 3.63) is 29.8 Å². The number of ether oxygens (including phenoxy) is 2. The molecule has 2 saturated heterocycles. The van der Waals surface area contributed by atoms with E-state index in [0.717, 1.165) is 89.0 Å². The molecule has 2 atom stereocenters. The van der Waals surface area contributed by atoms with Crippen molar-refractivity contribution in [2.24, 2.45) is 10.9 Å². The first-order chi connectivity index (χ1) is 14.3. The summed E-state index contributed by atoms with van der Waals surface area (Å²) in [7, 11) is 1.80. The van der Waals surface area contributed by atoms with Gasteiger partial charge in [0.15, 0.2) is 5.96 Å². The largest absolute Gasteiger partial charge is 0.381 e. The molecule has 2 unspecified atom stereocenters. The molecule has 166 valence electrons. The van der Waals surface area contributed by atoms with Gasteiger partial charge in [-0.1, -0.05) is 12.1 Å². The van der Waals surface area contributed by atoms with E-state index in [0.29, 0.717) is 12.0 Å².